The normalized spacial score (nSPS) is 10.8. The van der Waals surface area contributed by atoms with Crippen LogP contribution in [0.3, 0.4) is 0 Å². The number of carbonyl (C=O) groups is 1. The molecule has 0 radical (unpaired) electrons. The summed E-state index contributed by atoms with van der Waals surface area (Å²) in [6.07, 6.45) is 1.40. The lowest BCUT2D eigenvalue weighted by Gasteiger charge is -2.11. The zero-order valence-corrected chi connectivity index (χ0v) is 13.9. The van der Waals surface area contributed by atoms with Gasteiger partial charge in [0, 0.05) is 17.0 Å². The summed E-state index contributed by atoms with van der Waals surface area (Å²) < 4.78 is 15.8. The topological polar surface area (TPSA) is 69.7 Å². The van der Waals surface area contributed by atoms with Crippen LogP contribution in [0.25, 0.3) is 22.1 Å². The zero-order valence-electron chi connectivity index (χ0n) is 13.9. The number of esters is 1. The molecule has 0 aliphatic rings. The minimum Gasteiger partial charge on any atom is -0.457 e. The quantitative estimate of drug-likeness (QED) is 0.308. The number of ether oxygens (including phenoxy) is 1. The second-order valence-corrected chi connectivity index (χ2v) is 5.78. The molecule has 2 heterocycles. The van der Waals surface area contributed by atoms with Crippen molar-refractivity contribution < 1.29 is 18.4 Å². The molecule has 0 N–H and O–H groups in total. The average Bonchev–Trinajstić information content (AvgIpc) is 3.19. The van der Waals surface area contributed by atoms with Crippen molar-refractivity contribution in [2.24, 2.45) is 0 Å². The SMILES string of the molecule is Cc1c(OC(=O)c2ccco2)ccc2c(-c3ccccc3)cc(=O)oc12. The highest BCUT2D eigenvalue weighted by Crippen LogP contribution is 2.33. The molecule has 0 unspecified atom stereocenters. The first-order valence-electron chi connectivity index (χ1n) is 8.02. The van der Waals surface area contributed by atoms with Gasteiger partial charge in [-0.05, 0) is 42.3 Å². The molecule has 0 aliphatic carbocycles. The summed E-state index contributed by atoms with van der Waals surface area (Å²) >= 11 is 0. The van der Waals surface area contributed by atoms with Gasteiger partial charge in [-0.25, -0.2) is 9.59 Å². The molecule has 0 saturated carbocycles. The van der Waals surface area contributed by atoms with Crippen LogP contribution in [0.1, 0.15) is 16.1 Å². The number of rotatable bonds is 3. The predicted octanol–water partition coefficient (Wildman–Crippen LogP) is 4.58. The third-order valence-electron chi connectivity index (χ3n) is 4.12. The Labute approximate surface area is 148 Å². The van der Waals surface area contributed by atoms with Crippen LogP contribution in [0.15, 0.2) is 80.6 Å². The van der Waals surface area contributed by atoms with E-state index in [9.17, 15) is 9.59 Å². The van der Waals surface area contributed by atoms with E-state index in [1.165, 1.54) is 18.4 Å². The fraction of sp³-hybridized carbons (Fsp3) is 0.0476. The fourth-order valence-electron chi connectivity index (χ4n) is 2.85. The van der Waals surface area contributed by atoms with Gasteiger partial charge >= 0.3 is 11.6 Å². The largest absolute Gasteiger partial charge is 0.457 e. The van der Waals surface area contributed by atoms with Crippen LogP contribution >= 0.6 is 0 Å². The molecule has 128 valence electrons. The molecule has 0 amide bonds. The van der Waals surface area contributed by atoms with Crippen LogP contribution in [0.2, 0.25) is 0 Å². The van der Waals surface area contributed by atoms with Gasteiger partial charge in [0.25, 0.3) is 0 Å². The molecule has 4 rings (SSSR count). The highest BCUT2D eigenvalue weighted by molar-refractivity contribution is 5.96. The number of carbonyl (C=O) groups excluding carboxylic acids is 1. The highest BCUT2D eigenvalue weighted by Gasteiger charge is 2.17. The van der Waals surface area contributed by atoms with Gasteiger partial charge in [0.2, 0.25) is 5.76 Å². The van der Waals surface area contributed by atoms with Gasteiger partial charge in [-0.1, -0.05) is 30.3 Å². The van der Waals surface area contributed by atoms with Crippen LogP contribution in [0, 0.1) is 6.92 Å². The van der Waals surface area contributed by atoms with Crippen LogP contribution in [-0.2, 0) is 0 Å². The van der Waals surface area contributed by atoms with Crippen LogP contribution in [0.4, 0.5) is 0 Å². The second kappa shape index (κ2) is 6.37. The minimum absolute atomic E-state index is 0.101. The Morgan fingerprint density at radius 3 is 2.54 bits per heavy atom. The molecule has 0 atom stereocenters. The van der Waals surface area contributed by atoms with Crippen molar-refractivity contribution in [2.75, 3.05) is 0 Å². The van der Waals surface area contributed by atoms with E-state index >= 15 is 0 Å². The Bertz CT molecular complexity index is 1140. The molecule has 0 fully saturated rings. The summed E-state index contributed by atoms with van der Waals surface area (Å²) in [4.78, 5) is 24.2. The van der Waals surface area contributed by atoms with Crippen molar-refractivity contribution in [3.8, 4) is 16.9 Å². The van der Waals surface area contributed by atoms with Crippen LogP contribution in [0.5, 0.6) is 5.75 Å². The highest BCUT2D eigenvalue weighted by atomic mass is 16.5. The number of benzene rings is 2. The average molecular weight is 346 g/mol. The molecule has 26 heavy (non-hydrogen) atoms. The van der Waals surface area contributed by atoms with Crippen molar-refractivity contribution >= 4 is 16.9 Å². The molecule has 2 aromatic heterocycles. The lowest BCUT2D eigenvalue weighted by molar-refractivity contribution is 0.0700. The molecular formula is C21H14O5. The molecular weight excluding hydrogens is 332 g/mol. The van der Waals surface area contributed by atoms with Gasteiger partial charge < -0.3 is 13.6 Å². The van der Waals surface area contributed by atoms with Crippen LogP contribution < -0.4 is 10.4 Å². The van der Waals surface area contributed by atoms with Gasteiger partial charge in [-0.15, -0.1) is 0 Å². The molecule has 0 aliphatic heterocycles. The summed E-state index contributed by atoms with van der Waals surface area (Å²) in [5.41, 5.74) is 2.17. The van der Waals surface area contributed by atoms with Crippen molar-refractivity contribution in [3.63, 3.8) is 0 Å². The Kier molecular flexibility index (Phi) is 3.89. The van der Waals surface area contributed by atoms with Gasteiger partial charge in [-0.3, -0.25) is 0 Å². The molecule has 0 spiro atoms. The Balaban J connectivity index is 1.83. The summed E-state index contributed by atoms with van der Waals surface area (Å²) in [7, 11) is 0. The van der Waals surface area contributed by atoms with E-state index in [0.29, 0.717) is 16.9 Å². The summed E-state index contributed by atoms with van der Waals surface area (Å²) in [6, 6.07) is 17.6. The van der Waals surface area contributed by atoms with Gasteiger partial charge in [-0.2, -0.15) is 0 Å². The van der Waals surface area contributed by atoms with E-state index in [0.717, 1.165) is 16.5 Å². The van der Waals surface area contributed by atoms with E-state index < -0.39 is 11.6 Å². The maximum Gasteiger partial charge on any atom is 0.379 e. The Morgan fingerprint density at radius 1 is 1.00 bits per heavy atom. The summed E-state index contributed by atoms with van der Waals surface area (Å²) in [5, 5.41) is 0.770. The van der Waals surface area contributed by atoms with Crippen molar-refractivity contribution in [2.45, 2.75) is 6.92 Å². The zero-order chi connectivity index (χ0) is 18.1. The summed E-state index contributed by atoms with van der Waals surface area (Å²) in [5.74, 6) is -0.199. The fourth-order valence-corrected chi connectivity index (χ4v) is 2.85. The van der Waals surface area contributed by atoms with E-state index in [1.807, 2.05) is 30.3 Å². The van der Waals surface area contributed by atoms with Crippen molar-refractivity contribution in [1.29, 1.82) is 0 Å². The van der Waals surface area contributed by atoms with Crippen molar-refractivity contribution in [3.05, 3.63) is 88.7 Å². The molecule has 0 bridgehead atoms. The molecule has 4 aromatic rings. The van der Waals surface area contributed by atoms with Crippen molar-refractivity contribution in [1.82, 2.24) is 0 Å². The van der Waals surface area contributed by atoms with E-state index in [-0.39, 0.29) is 5.76 Å². The first-order chi connectivity index (χ1) is 12.6. The molecule has 5 nitrogen and oxygen atoms in total. The number of aryl methyl sites for hydroxylation is 1. The Morgan fingerprint density at radius 2 is 1.81 bits per heavy atom. The van der Waals surface area contributed by atoms with Gasteiger partial charge in [0.1, 0.15) is 11.3 Å². The Hall–Kier alpha value is -3.60. The lowest BCUT2D eigenvalue weighted by atomic mass is 10.0. The maximum atomic E-state index is 12.1. The third kappa shape index (κ3) is 2.80. The number of hydrogen-bond acceptors (Lipinski definition) is 5. The number of fused-ring (bicyclic) bond motifs is 1. The smallest absolute Gasteiger partial charge is 0.379 e. The monoisotopic (exact) mass is 346 g/mol. The number of furan rings is 1. The number of hydrogen-bond donors (Lipinski definition) is 0. The molecule has 0 saturated heterocycles. The van der Waals surface area contributed by atoms with Crippen LogP contribution in [-0.4, -0.2) is 5.97 Å². The van der Waals surface area contributed by atoms with Gasteiger partial charge in [0.15, 0.2) is 0 Å². The second-order valence-electron chi connectivity index (χ2n) is 5.78. The molecule has 5 heteroatoms. The standard InChI is InChI=1S/C21H14O5/c1-13-17(25-21(23)18-8-5-11-24-18)10-9-15-16(12-19(22)26-20(13)15)14-6-3-2-4-7-14/h2-12H,1H3. The third-order valence-corrected chi connectivity index (χ3v) is 4.12. The maximum absolute atomic E-state index is 12.1. The van der Waals surface area contributed by atoms with E-state index in [1.54, 1.807) is 25.1 Å². The first kappa shape index (κ1) is 15.9. The minimum atomic E-state index is -0.612. The van der Waals surface area contributed by atoms with E-state index in [4.69, 9.17) is 13.6 Å². The summed E-state index contributed by atoms with van der Waals surface area (Å²) in [6.45, 7) is 1.74. The van der Waals surface area contributed by atoms with Gasteiger partial charge in [0.05, 0.1) is 6.26 Å². The predicted molar refractivity (Wildman–Crippen MR) is 96.3 cm³/mol. The lowest BCUT2D eigenvalue weighted by Crippen LogP contribution is -2.08. The molecule has 2 aromatic carbocycles. The van der Waals surface area contributed by atoms with E-state index in [2.05, 4.69) is 0 Å². The first-order valence-corrected chi connectivity index (χ1v) is 8.02.